The normalized spacial score (nSPS) is 28.7. The van der Waals surface area contributed by atoms with Crippen LogP contribution in [0.2, 0.25) is 0 Å². The minimum atomic E-state index is 0.878. The largest absolute Gasteiger partial charge is 0.304 e. The first kappa shape index (κ1) is 12.0. The molecular formula is C13H27N. The molecule has 0 heterocycles. The van der Waals surface area contributed by atoms with E-state index in [2.05, 4.69) is 32.7 Å². The SMILES string of the molecule is CCN(C)C1CCC(CC(C)C)CC1. The molecule has 1 aliphatic rings. The molecule has 1 saturated carbocycles. The van der Waals surface area contributed by atoms with Crippen molar-refractivity contribution in [3.8, 4) is 0 Å². The Bertz CT molecular complexity index is 145. The Morgan fingerprint density at radius 3 is 2.14 bits per heavy atom. The van der Waals surface area contributed by atoms with Crippen molar-refractivity contribution < 1.29 is 0 Å². The molecule has 0 saturated heterocycles. The van der Waals surface area contributed by atoms with Crippen LogP contribution in [0, 0.1) is 11.8 Å². The predicted octanol–water partition coefficient (Wildman–Crippen LogP) is 3.54. The van der Waals surface area contributed by atoms with Crippen molar-refractivity contribution in [1.29, 1.82) is 0 Å². The fourth-order valence-electron chi connectivity index (χ4n) is 2.75. The van der Waals surface area contributed by atoms with Crippen LogP contribution in [-0.4, -0.2) is 24.5 Å². The van der Waals surface area contributed by atoms with Crippen molar-refractivity contribution in [2.75, 3.05) is 13.6 Å². The van der Waals surface area contributed by atoms with E-state index in [0.29, 0.717) is 0 Å². The van der Waals surface area contributed by atoms with Crippen molar-refractivity contribution in [2.45, 2.75) is 58.9 Å². The number of hydrogen-bond donors (Lipinski definition) is 0. The van der Waals surface area contributed by atoms with Gasteiger partial charge in [0.2, 0.25) is 0 Å². The Morgan fingerprint density at radius 1 is 1.14 bits per heavy atom. The van der Waals surface area contributed by atoms with E-state index in [1.165, 1.54) is 38.6 Å². The molecule has 0 aromatic heterocycles. The van der Waals surface area contributed by atoms with E-state index in [1.807, 2.05) is 0 Å². The second-order valence-corrected chi connectivity index (χ2v) is 5.38. The third kappa shape index (κ3) is 3.61. The van der Waals surface area contributed by atoms with Crippen LogP contribution in [0.3, 0.4) is 0 Å². The molecular weight excluding hydrogens is 170 g/mol. The van der Waals surface area contributed by atoms with Crippen molar-refractivity contribution >= 4 is 0 Å². The molecule has 0 atom stereocenters. The lowest BCUT2D eigenvalue weighted by Crippen LogP contribution is -2.35. The summed E-state index contributed by atoms with van der Waals surface area (Å²) in [7, 11) is 2.27. The van der Waals surface area contributed by atoms with E-state index in [4.69, 9.17) is 0 Å². The minimum absolute atomic E-state index is 0.878. The zero-order chi connectivity index (χ0) is 10.6. The van der Waals surface area contributed by atoms with Gasteiger partial charge in [-0.05, 0) is 57.5 Å². The van der Waals surface area contributed by atoms with Gasteiger partial charge < -0.3 is 4.90 Å². The van der Waals surface area contributed by atoms with Crippen LogP contribution in [-0.2, 0) is 0 Å². The molecule has 84 valence electrons. The molecule has 1 aliphatic carbocycles. The summed E-state index contributed by atoms with van der Waals surface area (Å²) in [6.07, 6.45) is 7.24. The highest BCUT2D eigenvalue weighted by Crippen LogP contribution is 2.30. The van der Waals surface area contributed by atoms with Gasteiger partial charge in [-0.15, -0.1) is 0 Å². The summed E-state index contributed by atoms with van der Waals surface area (Å²) in [4.78, 5) is 2.52. The molecule has 1 nitrogen and oxygen atoms in total. The van der Waals surface area contributed by atoms with E-state index in [-0.39, 0.29) is 0 Å². The molecule has 0 radical (unpaired) electrons. The topological polar surface area (TPSA) is 3.24 Å². The van der Waals surface area contributed by atoms with Crippen molar-refractivity contribution in [3.63, 3.8) is 0 Å². The van der Waals surface area contributed by atoms with Gasteiger partial charge in [0.15, 0.2) is 0 Å². The molecule has 0 amide bonds. The lowest BCUT2D eigenvalue weighted by atomic mass is 9.81. The van der Waals surface area contributed by atoms with Crippen molar-refractivity contribution in [3.05, 3.63) is 0 Å². The van der Waals surface area contributed by atoms with Gasteiger partial charge in [-0.1, -0.05) is 20.8 Å². The molecule has 0 unspecified atom stereocenters. The predicted molar refractivity (Wildman–Crippen MR) is 63.5 cm³/mol. The second kappa shape index (κ2) is 5.75. The zero-order valence-electron chi connectivity index (χ0n) is 10.4. The van der Waals surface area contributed by atoms with Crippen LogP contribution in [0.15, 0.2) is 0 Å². The van der Waals surface area contributed by atoms with E-state index in [1.54, 1.807) is 0 Å². The Kier molecular flexibility index (Phi) is 4.94. The first-order chi connectivity index (χ1) is 6.63. The molecule has 0 bridgehead atoms. The quantitative estimate of drug-likeness (QED) is 0.666. The average molecular weight is 197 g/mol. The standard InChI is InChI=1S/C13H27N/c1-5-14(4)13-8-6-12(7-9-13)10-11(2)3/h11-13H,5-10H2,1-4H3. The van der Waals surface area contributed by atoms with Crippen LogP contribution < -0.4 is 0 Å². The Hall–Kier alpha value is -0.0400. The van der Waals surface area contributed by atoms with E-state index in [9.17, 15) is 0 Å². The second-order valence-electron chi connectivity index (χ2n) is 5.38. The molecule has 1 fully saturated rings. The highest BCUT2D eigenvalue weighted by Gasteiger charge is 2.23. The summed E-state index contributed by atoms with van der Waals surface area (Å²) in [6, 6.07) is 0.878. The van der Waals surface area contributed by atoms with Crippen LogP contribution in [0.25, 0.3) is 0 Å². The van der Waals surface area contributed by atoms with E-state index in [0.717, 1.165) is 17.9 Å². The zero-order valence-corrected chi connectivity index (χ0v) is 10.4. The molecule has 0 N–H and O–H groups in total. The van der Waals surface area contributed by atoms with Gasteiger partial charge in [0, 0.05) is 6.04 Å². The highest BCUT2D eigenvalue weighted by molar-refractivity contribution is 4.78. The van der Waals surface area contributed by atoms with Crippen LogP contribution >= 0.6 is 0 Å². The molecule has 1 heteroatoms. The molecule has 0 spiro atoms. The summed E-state index contributed by atoms with van der Waals surface area (Å²) in [5, 5.41) is 0. The fraction of sp³-hybridized carbons (Fsp3) is 1.00. The highest BCUT2D eigenvalue weighted by atomic mass is 15.1. The third-order valence-electron chi connectivity index (χ3n) is 3.74. The van der Waals surface area contributed by atoms with Crippen molar-refractivity contribution in [2.24, 2.45) is 11.8 Å². The number of hydrogen-bond acceptors (Lipinski definition) is 1. The molecule has 14 heavy (non-hydrogen) atoms. The lowest BCUT2D eigenvalue weighted by Gasteiger charge is -2.34. The van der Waals surface area contributed by atoms with Gasteiger partial charge in [-0.2, -0.15) is 0 Å². The Balaban J connectivity index is 2.24. The van der Waals surface area contributed by atoms with Crippen LogP contribution in [0.4, 0.5) is 0 Å². The maximum absolute atomic E-state index is 2.52. The maximum Gasteiger partial charge on any atom is 0.00923 e. The Morgan fingerprint density at radius 2 is 1.71 bits per heavy atom. The lowest BCUT2D eigenvalue weighted by molar-refractivity contribution is 0.162. The monoisotopic (exact) mass is 197 g/mol. The molecule has 0 aromatic carbocycles. The summed E-state index contributed by atoms with van der Waals surface area (Å²) in [5.41, 5.74) is 0. The molecule has 0 aromatic rings. The summed E-state index contributed by atoms with van der Waals surface area (Å²) in [6.45, 7) is 8.17. The smallest absolute Gasteiger partial charge is 0.00923 e. The van der Waals surface area contributed by atoms with E-state index < -0.39 is 0 Å². The summed E-state index contributed by atoms with van der Waals surface area (Å²) < 4.78 is 0. The van der Waals surface area contributed by atoms with Crippen LogP contribution in [0.5, 0.6) is 0 Å². The molecule has 1 rings (SSSR count). The Labute approximate surface area is 89.9 Å². The van der Waals surface area contributed by atoms with Gasteiger partial charge in [0.25, 0.3) is 0 Å². The summed E-state index contributed by atoms with van der Waals surface area (Å²) >= 11 is 0. The average Bonchev–Trinajstić information content (AvgIpc) is 2.17. The number of rotatable bonds is 4. The fourth-order valence-corrected chi connectivity index (χ4v) is 2.75. The van der Waals surface area contributed by atoms with E-state index >= 15 is 0 Å². The van der Waals surface area contributed by atoms with Gasteiger partial charge in [0.05, 0.1) is 0 Å². The van der Waals surface area contributed by atoms with Gasteiger partial charge in [0.1, 0.15) is 0 Å². The third-order valence-corrected chi connectivity index (χ3v) is 3.74. The van der Waals surface area contributed by atoms with Gasteiger partial charge in [-0.3, -0.25) is 0 Å². The first-order valence-electron chi connectivity index (χ1n) is 6.33. The minimum Gasteiger partial charge on any atom is -0.304 e. The maximum atomic E-state index is 2.52. The molecule has 0 aliphatic heterocycles. The first-order valence-corrected chi connectivity index (χ1v) is 6.33. The van der Waals surface area contributed by atoms with Crippen molar-refractivity contribution in [1.82, 2.24) is 4.90 Å². The number of nitrogens with zero attached hydrogens (tertiary/aromatic N) is 1. The van der Waals surface area contributed by atoms with Gasteiger partial charge in [-0.25, -0.2) is 0 Å². The summed E-state index contributed by atoms with van der Waals surface area (Å²) in [5.74, 6) is 1.91. The van der Waals surface area contributed by atoms with Crippen LogP contribution in [0.1, 0.15) is 52.9 Å². The van der Waals surface area contributed by atoms with Gasteiger partial charge >= 0.3 is 0 Å².